The van der Waals surface area contributed by atoms with Crippen molar-refractivity contribution in [2.75, 3.05) is 11.4 Å². The van der Waals surface area contributed by atoms with Gasteiger partial charge in [-0.1, -0.05) is 13.3 Å². The van der Waals surface area contributed by atoms with Crippen molar-refractivity contribution in [3.05, 3.63) is 40.2 Å². The Hall–Kier alpha value is -2.02. The van der Waals surface area contributed by atoms with Gasteiger partial charge in [-0.05, 0) is 43.0 Å². The van der Waals surface area contributed by atoms with Crippen LogP contribution in [0.2, 0.25) is 0 Å². The molecular weight excluding hydrogens is 333 g/mol. The summed E-state index contributed by atoms with van der Waals surface area (Å²) in [5, 5.41) is 10.5. The fraction of sp³-hybridized carbons (Fsp3) is 0.500. The molecule has 0 aliphatic carbocycles. The van der Waals surface area contributed by atoms with Gasteiger partial charge in [-0.15, -0.1) is 0 Å². The maximum absolute atomic E-state index is 12.9. The van der Waals surface area contributed by atoms with Crippen molar-refractivity contribution >= 4 is 16.6 Å². The smallest absolute Gasteiger partial charge is 0.382 e. The van der Waals surface area contributed by atoms with Crippen molar-refractivity contribution in [2.24, 2.45) is 0 Å². The van der Waals surface area contributed by atoms with Crippen molar-refractivity contribution in [1.82, 2.24) is 4.98 Å². The third-order valence-corrected chi connectivity index (χ3v) is 4.76. The molecule has 136 valence electrons. The van der Waals surface area contributed by atoms with Crippen LogP contribution in [0.15, 0.2) is 29.1 Å². The summed E-state index contributed by atoms with van der Waals surface area (Å²) in [6.07, 6.45) is -4.52. The van der Waals surface area contributed by atoms with Crippen LogP contribution in [0.4, 0.5) is 18.9 Å². The first-order chi connectivity index (χ1) is 11.8. The number of pyridine rings is 1. The Kier molecular flexibility index (Phi) is 4.77. The quantitative estimate of drug-likeness (QED) is 0.885. The van der Waals surface area contributed by atoms with Crippen molar-refractivity contribution in [1.29, 1.82) is 0 Å². The number of nitrogens with one attached hydrogen (secondary N) is 1. The zero-order valence-electron chi connectivity index (χ0n) is 13.9. The first kappa shape index (κ1) is 17.8. The fourth-order valence-electron chi connectivity index (χ4n) is 3.63. The van der Waals surface area contributed by atoms with E-state index < -0.39 is 18.3 Å². The lowest BCUT2D eigenvalue weighted by Crippen LogP contribution is -2.47. The number of hydrogen-bond donors (Lipinski definition) is 2. The third-order valence-electron chi connectivity index (χ3n) is 4.76. The number of aliphatic hydroxyl groups excluding tert-OH is 1. The number of hydrogen-bond acceptors (Lipinski definition) is 3. The van der Waals surface area contributed by atoms with Crippen LogP contribution in [-0.4, -0.2) is 35.0 Å². The van der Waals surface area contributed by atoms with E-state index in [0.717, 1.165) is 23.8 Å². The molecule has 0 saturated carbocycles. The summed E-state index contributed by atoms with van der Waals surface area (Å²) in [6.45, 7) is 2.48. The molecule has 1 saturated heterocycles. The van der Waals surface area contributed by atoms with Crippen LogP contribution >= 0.6 is 0 Å². The summed E-state index contributed by atoms with van der Waals surface area (Å²) in [6, 6.07) is 5.81. The second-order valence-corrected chi connectivity index (χ2v) is 6.53. The molecule has 2 aromatic rings. The molecule has 1 aromatic carbocycles. The lowest BCUT2D eigenvalue weighted by atomic mass is 10.0. The maximum atomic E-state index is 12.9. The van der Waals surface area contributed by atoms with Crippen molar-refractivity contribution in [3.63, 3.8) is 0 Å². The van der Waals surface area contributed by atoms with Crippen LogP contribution in [0.5, 0.6) is 0 Å². The molecule has 0 amide bonds. The highest BCUT2D eigenvalue weighted by atomic mass is 19.4. The molecule has 3 rings (SSSR count). The number of fused-ring (bicyclic) bond motifs is 1. The highest BCUT2D eigenvalue weighted by Crippen LogP contribution is 2.35. The van der Waals surface area contributed by atoms with Crippen LogP contribution in [0.25, 0.3) is 10.9 Å². The lowest BCUT2D eigenvalue weighted by Gasteiger charge is -2.31. The summed E-state index contributed by atoms with van der Waals surface area (Å²) in [4.78, 5) is 16.1. The monoisotopic (exact) mass is 354 g/mol. The van der Waals surface area contributed by atoms with E-state index in [4.69, 9.17) is 0 Å². The topological polar surface area (TPSA) is 56.3 Å². The van der Waals surface area contributed by atoms with Gasteiger partial charge in [-0.3, -0.25) is 4.79 Å². The number of H-pyrrole nitrogens is 1. The Balaban J connectivity index is 2.02. The number of aromatic nitrogens is 1. The van der Waals surface area contributed by atoms with E-state index in [2.05, 4.69) is 4.98 Å². The Morgan fingerprint density at radius 2 is 2.12 bits per heavy atom. The first-order valence-electron chi connectivity index (χ1n) is 8.48. The Morgan fingerprint density at radius 1 is 1.36 bits per heavy atom. The average molecular weight is 354 g/mol. The standard InChI is InChI=1S/C18H21F3N2O2/c1-2-4-11-9-16(24)22-14-7-6-12(10-13(11)14)23-8-3-5-15(23)17(25)18(19,20)21/h6-7,9-10,15,17,25H,2-5,8H2,1H3,(H,22,24)/t15-,17+/m1/s1. The van der Waals surface area contributed by atoms with Crippen LogP contribution in [-0.2, 0) is 6.42 Å². The zero-order valence-corrected chi connectivity index (χ0v) is 13.9. The van der Waals surface area contributed by atoms with Gasteiger partial charge in [0.15, 0.2) is 6.10 Å². The maximum Gasteiger partial charge on any atom is 0.416 e. The SMILES string of the molecule is CCCc1cc(=O)[nH]c2ccc(N3CCC[C@@H]3[C@H](O)C(F)(F)F)cc12. The number of rotatable bonds is 4. The molecule has 7 heteroatoms. The second kappa shape index (κ2) is 6.71. The predicted octanol–water partition coefficient (Wildman–Crippen LogP) is 3.37. The molecule has 2 heterocycles. The highest BCUT2D eigenvalue weighted by molar-refractivity contribution is 5.85. The minimum Gasteiger partial charge on any atom is -0.382 e. The van der Waals surface area contributed by atoms with Crippen LogP contribution in [0, 0.1) is 0 Å². The summed E-state index contributed by atoms with van der Waals surface area (Å²) in [5.41, 5.74) is 2.01. The molecule has 25 heavy (non-hydrogen) atoms. The first-order valence-corrected chi connectivity index (χ1v) is 8.48. The van der Waals surface area contributed by atoms with Crippen LogP contribution in [0.3, 0.4) is 0 Å². The molecule has 1 aromatic heterocycles. The third kappa shape index (κ3) is 3.51. The number of benzene rings is 1. The Morgan fingerprint density at radius 3 is 2.80 bits per heavy atom. The van der Waals surface area contributed by atoms with Crippen LogP contribution < -0.4 is 10.5 Å². The van der Waals surface area contributed by atoms with E-state index in [9.17, 15) is 23.1 Å². The molecule has 0 bridgehead atoms. The largest absolute Gasteiger partial charge is 0.416 e. The van der Waals surface area contributed by atoms with Crippen molar-refractivity contribution in [3.8, 4) is 0 Å². The van der Waals surface area contributed by atoms with Crippen molar-refractivity contribution in [2.45, 2.75) is 50.9 Å². The van der Waals surface area contributed by atoms with E-state index in [0.29, 0.717) is 30.6 Å². The summed E-state index contributed by atoms with van der Waals surface area (Å²) in [5.74, 6) is 0. The van der Waals surface area contributed by atoms with Gasteiger partial charge in [0.2, 0.25) is 5.56 Å². The minimum atomic E-state index is -4.64. The molecule has 1 aliphatic heterocycles. The van der Waals surface area contributed by atoms with E-state index in [1.807, 2.05) is 13.0 Å². The molecule has 1 aliphatic rings. The number of nitrogens with zero attached hydrogens (tertiary/aromatic N) is 1. The molecule has 1 fully saturated rings. The number of halogens is 3. The van der Waals surface area contributed by atoms with E-state index in [1.54, 1.807) is 23.1 Å². The second-order valence-electron chi connectivity index (χ2n) is 6.53. The van der Waals surface area contributed by atoms with E-state index >= 15 is 0 Å². The van der Waals surface area contributed by atoms with Crippen LogP contribution in [0.1, 0.15) is 31.7 Å². The van der Waals surface area contributed by atoms with E-state index in [-0.39, 0.29) is 5.56 Å². The number of anilines is 1. The van der Waals surface area contributed by atoms with Gasteiger partial charge >= 0.3 is 6.18 Å². The lowest BCUT2D eigenvalue weighted by molar-refractivity contribution is -0.209. The average Bonchev–Trinajstić information content (AvgIpc) is 3.02. The zero-order chi connectivity index (χ0) is 18.2. The van der Waals surface area contributed by atoms with Gasteiger partial charge in [-0.2, -0.15) is 13.2 Å². The summed E-state index contributed by atoms with van der Waals surface area (Å²) >= 11 is 0. The molecule has 4 nitrogen and oxygen atoms in total. The fourth-order valence-corrected chi connectivity index (χ4v) is 3.63. The molecule has 2 atom stereocenters. The molecule has 0 unspecified atom stereocenters. The number of aryl methyl sites for hydroxylation is 1. The number of aromatic amines is 1. The summed E-state index contributed by atoms with van der Waals surface area (Å²) < 4.78 is 38.8. The minimum absolute atomic E-state index is 0.185. The molecular formula is C18H21F3N2O2. The van der Waals surface area contributed by atoms with Gasteiger partial charge < -0.3 is 15.0 Å². The Bertz CT molecular complexity index is 816. The predicted molar refractivity (Wildman–Crippen MR) is 91.0 cm³/mol. The van der Waals surface area contributed by atoms with Gasteiger partial charge in [0.25, 0.3) is 0 Å². The van der Waals surface area contributed by atoms with Crippen molar-refractivity contribution < 1.29 is 18.3 Å². The molecule has 0 radical (unpaired) electrons. The summed E-state index contributed by atoms with van der Waals surface area (Å²) in [7, 11) is 0. The van der Waals surface area contributed by atoms with Gasteiger partial charge in [0.1, 0.15) is 0 Å². The molecule has 0 spiro atoms. The molecule has 2 N–H and O–H groups in total. The van der Waals surface area contributed by atoms with E-state index in [1.165, 1.54) is 0 Å². The van der Waals surface area contributed by atoms with Gasteiger partial charge in [-0.25, -0.2) is 0 Å². The number of aliphatic hydroxyl groups is 1. The van der Waals surface area contributed by atoms with Gasteiger partial charge in [0.05, 0.1) is 6.04 Å². The number of alkyl halides is 3. The Labute approximate surface area is 143 Å². The normalized spacial score (nSPS) is 19.6. The highest BCUT2D eigenvalue weighted by Gasteiger charge is 2.47. The van der Waals surface area contributed by atoms with Gasteiger partial charge in [0, 0.05) is 29.2 Å².